The van der Waals surface area contributed by atoms with E-state index in [0.717, 1.165) is 5.56 Å². The van der Waals surface area contributed by atoms with Gasteiger partial charge in [-0.25, -0.2) is 4.98 Å². The van der Waals surface area contributed by atoms with Crippen molar-refractivity contribution in [1.29, 1.82) is 0 Å². The van der Waals surface area contributed by atoms with Crippen molar-refractivity contribution < 1.29 is 14.6 Å². The van der Waals surface area contributed by atoms with Gasteiger partial charge in [-0.05, 0) is 43.7 Å². The first-order valence-corrected chi connectivity index (χ1v) is 6.79. The predicted molar refractivity (Wildman–Crippen MR) is 78.8 cm³/mol. The third-order valence-corrected chi connectivity index (χ3v) is 3.41. The zero-order valence-corrected chi connectivity index (χ0v) is 11.9. The van der Waals surface area contributed by atoms with Gasteiger partial charge in [-0.3, -0.25) is 9.69 Å². The Morgan fingerprint density at radius 1 is 1.43 bits per heavy atom. The number of rotatable bonds is 1. The molecule has 2 heterocycles. The molecule has 108 valence electrons. The third-order valence-electron chi connectivity index (χ3n) is 3.41. The molecule has 5 nitrogen and oxygen atoms in total. The van der Waals surface area contributed by atoms with E-state index in [1.165, 1.54) is 12.3 Å². The Morgan fingerprint density at radius 3 is 3.00 bits per heavy atom. The van der Waals surface area contributed by atoms with Crippen LogP contribution in [0.3, 0.4) is 0 Å². The maximum absolute atomic E-state index is 12.7. The number of hydrogen-bond donors (Lipinski definition) is 1. The minimum absolute atomic E-state index is 0.0538. The van der Waals surface area contributed by atoms with Crippen LogP contribution in [-0.4, -0.2) is 28.6 Å². The van der Waals surface area contributed by atoms with Crippen LogP contribution in [0.1, 0.15) is 23.0 Å². The normalized spacial score (nSPS) is 17.0. The first-order valence-electron chi connectivity index (χ1n) is 6.79. The molecule has 0 unspecified atom stereocenters. The molecule has 0 bridgehead atoms. The van der Waals surface area contributed by atoms with Gasteiger partial charge >= 0.3 is 0 Å². The maximum Gasteiger partial charge on any atom is 0.280 e. The number of carbonyl (C=O) groups is 1. The second-order valence-electron chi connectivity index (χ2n) is 5.19. The van der Waals surface area contributed by atoms with Crippen LogP contribution < -0.4 is 9.64 Å². The number of aromatic hydroxyl groups is 1. The second-order valence-corrected chi connectivity index (χ2v) is 5.19. The highest BCUT2D eigenvalue weighted by Crippen LogP contribution is 2.35. The van der Waals surface area contributed by atoms with Gasteiger partial charge < -0.3 is 9.84 Å². The zero-order chi connectivity index (χ0) is 15.0. The van der Waals surface area contributed by atoms with Crippen molar-refractivity contribution in [2.24, 2.45) is 0 Å². The van der Waals surface area contributed by atoms with E-state index in [2.05, 4.69) is 4.98 Å². The van der Waals surface area contributed by atoms with Crippen LogP contribution in [0, 0.1) is 6.92 Å². The number of benzene rings is 1. The SMILES string of the molecule is Cc1ccc2c(c1)O[C@@H](C)CN2C(=O)c1ncccc1O. The molecule has 1 N–H and O–H groups in total. The molecule has 1 aromatic heterocycles. The van der Waals surface area contributed by atoms with Gasteiger partial charge in [-0.2, -0.15) is 0 Å². The number of fused-ring (bicyclic) bond motifs is 1. The number of aromatic nitrogens is 1. The molecule has 5 heteroatoms. The Hall–Kier alpha value is -2.56. The maximum atomic E-state index is 12.7. The number of amides is 1. The minimum Gasteiger partial charge on any atom is -0.505 e. The second kappa shape index (κ2) is 5.09. The van der Waals surface area contributed by atoms with Crippen molar-refractivity contribution in [3.8, 4) is 11.5 Å². The van der Waals surface area contributed by atoms with Crippen molar-refractivity contribution in [2.45, 2.75) is 20.0 Å². The molecule has 3 rings (SSSR count). The summed E-state index contributed by atoms with van der Waals surface area (Å²) in [5, 5.41) is 9.83. The zero-order valence-electron chi connectivity index (χ0n) is 11.9. The van der Waals surface area contributed by atoms with Gasteiger partial charge in [0.05, 0.1) is 12.2 Å². The molecular weight excluding hydrogens is 268 g/mol. The van der Waals surface area contributed by atoms with E-state index in [9.17, 15) is 9.90 Å². The summed E-state index contributed by atoms with van der Waals surface area (Å²) in [6.45, 7) is 4.30. The van der Waals surface area contributed by atoms with Crippen LogP contribution in [0.4, 0.5) is 5.69 Å². The van der Waals surface area contributed by atoms with Crippen molar-refractivity contribution in [2.75, 3.05) is 11.4 Å². The summed E-state index contributed by atoms with van der Waals surface area (Å²) in [5.41, 5.74) is 1.82. The summed E-state index contributed by atoms with van der Waals surface area (Å²) in [7, 11) is 0. The molecule has 21 heavy (non-hydrogen) atoms. The van der Waals surface area contributed by atoms with Gasteiger partial charge in [0.1, 0.15) is 17.6 Å². The van der Waals surface area contributed by atoms with Gasteiger partial charge in [0.2, 0.25) is 0 Å². The highest BCUT2D eigenvalue weighted by Gasteiger charge is 2.30. The first kappa shape index (κ1) is 13.4. The molecule has 1 aliphatic rings. The van der Waals surface area contributed by atoms with Crippen LogP contribution >= 0.6 is 0 Å². The summed E-state index contributed by atoms with van der Waals surface area (Å²) in [5.74, 6) is 0.237. The molecular formula is C16H16N2O3. The van der Waals surface area contributed by atoms with Gasteiger partial charge in [0.25, 0.3) is 5.91 Å². The molecule has 1 aromatic carbocycles. The molecule has 1 atom stereocenters. The number of pyridine rings is 1. The predicted octanol–water partition coefficient (Wildman–Crippen LogP) is 2.52. The fourth-order valence-electron chi connectivity index (χ4n) is 2.43. The standard InChI is InChI=1S/C16H16N2O3/c1-10-5-6-12-14(8-10)21-11(2)9-18(12)16(20)15-13(19)4-3-7-17-15/h3-8,11,19H,9H2,1-2H3/t11-/m0/s1. The highest BCUT2D eigenvalue weighted by molar-refractivity contribution is 6.07. The largest absolute Gasteiger partial charge is 0.505 e. The molecule has 0 saturated heterocycles. The number of hydrogen-bond acceptors (Lipinski definition) is 4. The number of aryl methyl sites for hydroxylation is 1. The molecule has 0 fully saturated rings. The van der Waals surface area contributed by atoms with Crippen molar-refractivity contribution >= 4 is 11.6 Å². The van der Waals surface area contributed by atoms with Gasteiger partial charge in [-0.1, -0.05) is 6.07 Å². The van der Waals surface area contributed by atoms with Crippen LogP contribution in [-0.2, 0) is 0 Å². The molecule has 1 amide bonds. The number of nitrogens with zero attached hydrogens (tertiary/aromatic N) is 2. The molecule has 0 saturated carbocycles. The van der Waals surface area contributed by atoms with Crippen LogP contribution in [0.25, 0.3) is 0 Å². The van der Waals surface area contributed by atoms with Crippen LogP contribution in [0.15, 0.2) is 36.5 Å². The number of ether oxygens (including phenoxy) is 1. The summed E-state index contributed by atoms with van der Waals surface area (Å²) in [4.78, 5) is 18.3. The highest BCUT2D eigenvalue weighted by atomic mass is 16.5. The Labute approximate surface area is 122 Å². The summed E-state index contributed by atoms with van der Waals surface area (Å²) in [6.07, 6.45) is 1.38. The fourth-order valence-corrected chi connectivity index (χ4v) is 2.43. The van der Waals surface area contributed by atoms with Crippen LogP contribution in [0.5, 0.6) is 11.5 Å². The van der Waals surface area contributed by atoms with Crippen molar-refractivity contribution in [1.82, 2.24) is 4.98 Å². The van der Waals surface area contributed by atoms with Gasteiger partial charge in [0, 0.05) is 6.20 Å². The topological polar surface area (TPSA) is 62.7 Å². The summed E-state index contributed by atoms with van der Waals surface area (Å²) < 4.78 is 5.78. The molecule has 0 radical (unpaired) electrons. The molecule has 0 spiro atoms. The average molecular weight is 284 g/mol. The monoisotopic (exact) mass is 284 g/mol. The van der Waals surface area contributed by atoms with E-state index in [4.69, 9.17) is 4.74 Å². The van der Waals surface area contributed by atoms with E-state index < -0.39 is 0 Å². The number of carbonyl (C=O) groups excluding carboxylic acids is 1. The first-order chi connectivity index (χ1) is 10.1. The lowest BCUT2D eigenvalue weighted by Crippen LogP contribution is -2.42. The number of anilines is 1. The smallest absolute Gasteiger partial charge is 0.280 e. The lowest BCUT2D eigenvalue weighted by Gasteiger charge is -2.33. The van der Waals surface area contributed by atoms with Crippen LogP contribution in [0.2, 0.25) is 0 Å². The van der Waals surface area contributed by atoms with Gasteiger partial charge in [-0.15, -0.1) is 0 Å². The molecule has 0 aliphatic carbocycles. The van der Waals surface area contributed by atoms with E-state index in [0.29, 0.717) is 18.0 Å². The third kappa shape index (κ3) is 2.42. The quantitative estimate of drug-likeness (QED) is 0.874. The molecule has 2 aromatic rings. The lowest BCUT2D eigenvalue weighted by atomic mass is 10.1. The Bertz CT molecular complexity index is 700. The van der Waals surface area contributed by atoms with Crippen molar-refractivity contribution in [3.63, 3.8) is 0 Å². The minimum atomic E-state index is -0.326. The van der Waals surface area contributed by atoms with Crippen molar-refractivity contribution in [3.05, 3.63) is 47.8 Å². The van der Waals surface area contributed by atoms with E-state index in [-0.39, 0.29) is 23.5 Å². The summed E-state index contributed by atoms with van der Waals surface area (Å²) in [6, 6.07) is 8.74. The fraction of sp³-hybridized carbons (Fsp3) is 0.250. The Morgan fingerprint density at radius 2 is 2.24 bits per heavy atom. The average Bonchev–Trinajstić information content (AvgIpc) is 2.45. The summed E-state index contributed by atoms with van der Waals surface area (Å²) >= 11 is 0. The Balaban J connectivity index is 2.04. The molecule has 1 aliphatic heterocycles. The van der Waals surface area contributed by atoms with E-state index >= 15 is 0 Å². The lowest BCUT2D eigenvalue weighted by molar-refractivity contribution is 0.0953. The Kier molecular flexibility index (Phi) is 3.25. The van der Waals surface area contributed by atoms with E-state index in [1.807, 2.05) is 32.0 Å². The van der Waals surface area contributed by atoms with E-state index in [1.54, 1.807) is 11.0 Å². The van der Waals surface area contributed by atoms with Gasteiger partial charge in [0.15, 0.2) is 5.69 Å².